The molecule has 136 valence electrons. The van der Waals surface area contributed by atoms with E-state index in [0.29, 0.717) is 18.0 Å². The molecule has 1 amide bonds. The first-order valence-electron chi connectivity index (χ1n) is 9.16. The van der Waals surface area contributed by atoms with Crippen molar-refractivity contribution >= 4 is 16.8 Å². The number of ether oxygens (including phenoxy) is 1. The molecule has 1 N–H and O–H groups in total. The standard InChI is InChI=1S/C20H29N3O2/c1-5-15(4)25-19-14-17(16-10-8-9-11-18(16)22-19)20(24)21-12-13-23(6-2)7-3/h8-11,14-15H,5-7,12-13H2,1-4H3,(H,21,24). The van der Waals surface area contributed by atoms with Gasteiger partial charge in [-0.2, -0.15) is 0 Å². The third-order valence-corrected chi connectivity index (χ3v) is 4.44. The average molecular weight is 343 g/mol. The summed E-state index contributed by atoms with van der Waals surface area (Å²) in [6, 6.07) is 9.43. The second-order valence-corrected chi connectivity index (χ2v) is 6.14. The third kappa shape index (κ3) is 5.16. The fourth-order valence-corrected chi connectivity index (χ4v) is 2.65. The van der Waals surface area contributed by atoms with Crippen molar-refractivity contribution in [3.63, 3.8) is 0 Å². The minimum absolute atomic E-state index is 0.0623. The minimum Gasteiger partial charge on any atom is -0.475 e. The Morgan fingerprint density at radius 2 is 1.96 bits per heavy atom. The van der Waals surface area contributed by atoms with E-state index in [2.05, 4.69) is 36.0 Å². The first-order chi connectivity index (χ1) is 12.1. The number of carbonyl (C=O) groups excluding carboxylic acids is 1. The van der Waals surface area contributed by atoms with E-state index >= 15 is 0 Å². The number of nitrogens with zero attached hydrogens (tertiary/aromatic N) is 2. The lowest BCUT2D eigenvalue weighted by atomic mass is 10.1. The molecule has 1 atom stereocenters. The SMILES string of the molecule is CCC(C)Oc1cc(C(=O)NCCN(CC)CC)c2ccccc2n1. The number of benzene rings is 1. The maximum atomic E-state index is 12.7. The number of aromatic nitrogens is 1. The van der Waals surface area contributed by atoms with Gasteiger partial charge in [0.2, 0.25) is 5.88 Å². The predicted octanol–water partition coefficient (Wildman–Crippen LogP) is 3.48. The molecule has 1 heterocycles. The Morgan fingerprint density at radius 3 is 2.64 bits per heavy atom. The summed E-state index contributed by atoms with van der Waals surface area (Å²) in [6.07, 6.45) is 0.951. The Hall–Kier alpha value is -2.14. The zero-order chi connectivity index (χ0) is 18.2. The number of para-hydroxylation sites is 1. The van der Waals surface area contributed by atoms with Crippen LogP contribution in [0.3, 0.4) is 0 Å². The van der Waals surface area contributed by atoms with Gasteiger partial charge in [0.25, 0.3) is 5.91 Å². The summed E-state index contributed by atoms with van der Waals surface area (Å²) >= 11 is 0. The first kappa shape index (κ1) is 19.2. The molecule has 25 heavy (non-hydrogen) atoms. The van der Waals surface area contributed by atoms with Crippen LogP contribution in [0.1, 0.15) is 44.5 Å². The molecule has 0 saturated heterocycles. The fourth-order valence-electron chi connectivity index (χ4n) is 2.65. The molecular formula is C20H29N3O2. The van der Waals surface area contributed by atoms with E-state index in [0.717, 1.165) is 37.0 Å². The van der Waals surface area contributed by atoms with Crippen LogP contribution in [0.15, 0.2) is 30.3 Å². The van der Waals surface area contributed by atoms with Gasteiger partial charge in [-0.25, -0.2) is 4.98 Å². The largest absolute Gasteiger partial charge is 0.475 e. The molecule has 1 aromatic heterocycles. The highest BCUT2D eigenvalue weighted by Crippen LogP contribution is 2.23. The maximum absolute atomic E-state index is 12.7. The lowest BCUT2D eigenvalue weighted by Crippen LogP contribution is -2.34. The van der Waals surface area contributed by atoms with Crippen LogP contribution in [-0.4, -0.2) is 48.1 Å². The van der Waals surface area contributed by atoms with E-state index in [9.17, 15) is 4.79 Å². The summed E-state index contributed by atoms with van der Waals surface area (Å²) in [7, 11) is 0. The first-order valence-corrected chi connectivity index (χ1v) is 9.16. The number of hydrogen-bond donors (Lipinski definition) is 1. The molecule has 0 fully saturated rings. The van der Waals surface area contributed by atoms with Gasteiger partial charge in [-0.1, -0.05) is 39.0 Å². The summed E-state index contributed by atoms with van der Waals surface area (Å²) in [4.78, 5) is 19.5. The Balaban J connectivity index is 2.21. The van der Waals surface area contributed by atoms with Crippen LogP contribution in [0.4, 0.5) is 0 Å². The second-order valence-electron chi connectivity index (χ2n) is 6.14. The van der Waals surface area contributed by atoms with E-state index in [1.807, 2.05) is 31.2 Å². The van der Waals surface area contributed by atoms with Crippen LogP contribution in [0.2, 0.25) is 0 Å². The smallest absolute Gasteiger partial charge is 0.252 e. The number of carbonyl (C=O) groups is 1. The van der Waals surface area contributed by atoms with Gasteiger partial charge in [0.15, 0.2) is 0 Å². The molecule has 0 aliphatic rings. The van der Waals surface area contributed by atoms with Gasteiger partial charge < -0.3 is 15.0 Å². The fraction of sp³-hybridized carbons (Fsp3) is 0.500. The summed E-state index contributed by atoms with van der Waals surface area (Å²) in [5, 5.41) is 3.87. The number of nitrogens with one attached hydrogen (secondary N) is 1. The predicted molar refractivity (Wildman–Crippen MR) is 102 cm³/mol. The van der Waals surface area contributed by atoms with E-state index in [1.165, 1.54) is 0 Å². The van der Waals surface area contributed by atoms with Gasteiger partial charge in [0.1, 0.15) is 0 Å². The van der Waals surface area contributed by atoms with Crippen LogP contribution in [-0.2, 0) is 0 Å². The van der Waals surface area contributed by atoms with E-state index in [-0.39, 0.29) is 12.0 Å². The Bertz CT molecular complexity index is 698. The molecule has 1 unspecified atom stereocenters. The van der Waals surface area contributed by atoms with Crippen LogP contribution >= 0.6 is 0 Å². The Morgan fingerprint density at radius 1 is 1.24 bits per heavy atom. The minimum atomic E-state index is -0.0836. The molecule has 0 saturated carbocycles. The normalized spacial score (nSPS) is 12.4. The van der Waals surface area contributed by atoms with Crippen LogP contribution < -0.4 is 10.1 Å². The Kier molecular flexibility index (Phi) is 7.19. The number of fused-ring (bicyclic) bond motifs is 1. The number of likely N-dealkylation sites (N-methyl/N-ethyl adjacent to an activating group) is 1. The van der Waals surface area contributed by atoms with Gasteiger partial charge in [0.05, 0.1) is 17.2 Å². The highest BCUT2D eigenvalue weighted by molar-refractivity contribution is 6.06. The van der Waals surface area contributed by atoms with Gasteiger partial charge in [-0.3, -0.25) is 4.79 Å². The van der Waals surface area contributed by atoms with Crippen molar-refractivity contribution < 1.29 is 9.53 Å². The zero-order valence-corrected chi connectivity index (χ0v) is 15.7. The molecule has 1 aromatic carbocycles. The van der Waals surface area contributed by atoms with Crippen molar-refractivity contribution in [2.75, 3.05) is 26.2 Å². The molecule has 0 aliphatic carbocycles. The van der Waals surface area contributed by atoms with Crippen molar-refractivity contribution in [2.24, 2.45) is 0 Å². The number of hydrogen-bond acceptors (Lipinski definition) is 4. The lowest BCUT2D eigenvalue weighted by Gasteiger charge is -2.18. The van der Waals surface area contributed by atoms with Gasteiger partial charge in [-0.05, 0) is 32.5 Å². The zero-order valence-electron chi connectivity index (χ0n) is 15.7. The lowest BCUT2D eigenvalue weighted by molar-refractivity contribution is 0.0949. The molecule has 2 aromatic rings. The van der Waals surface area contributed by atoms with Gasteiger partial charge >= 0.3 is 0 Å². The summed E-state index contributed by atoms with van der Waals surface area (Å²) in [5.74, 6) is 0.418. The van der Waals surface area contributed by atoms with Gasteiger partial charge in [-0.15, -0.1) is 0 Å². The molecule has 0 radical (unpaired) electrons. The molecule has 0 bridgehead atoms. The molecule has 0 aliphatic heterocycles. The summed E-state index contributed by atoms with van der Waals surface area (Å²) in [6.45, 7) is 11.7. The second kappa shape index (κ2) is 9.37. The van der Waals surface area contributed by atoms with Crippen molar-refractivity contribution in [3.05, 3.63) is 35.9 Å². The van der Waals surface area contributed by atoms with Crippen LogP contribution in [0.25, 0.3) is 10.9 Å². The number of amides is 1. The molecule has 0 spiro atoms. The summed E-state index contributed by atoms with van der Waals surface area (Å²) in [5.41, 5.74) is 1.39. The maximum Gasteiger partial charge on any atom is 0.252 e. The topological polar surface area (TPSA) is 54.5 Å². The van der Waals surface area contributed by atoms with Crippen molar-refractivity contribution in [1.82, 2.24) is 15.2 Å². The molecule has 5 nitrogen and oxygen atoms in total. The molecule has 5 heteroatoms. The highest BCUT2D eigenvalue weighted by Gasteiger charge is 2.14. The number of rotatable bonds is 9. The number of pyridine rings is 1. The molecule has 2 rings (SSSR count). The third-order valence-electron chi connectivity index (χ3n) is 4.44. The van der Waals surface area contributed by atoms with Crippen LogP contribution in [0, 0.1) is 0 Å². The van der Waals surface area contributed by atoms with Crippen molar-refractivity contribution in [2.45, 2.75) is 40.2 Å². The average Bonchev–Trinajstić information content (AvgIpc) is 2.64. The van der Waals surface area contributed by atoms with Crippen LogP contribution in [0.5, 0.6) is 5.88 Å². The van der Waals surface area contributed by atoms with E-state index in [4.69, 9.17) is 4.74 Å². The van der Waals surface area contributed by atoms with E-state index in [1.54, 1.807) is 6.07 Å². The Labute approximate surface area is 150 Å². The van der Waals surface area contributed by atoms with Gasteiger partial charge in [0, 0.05) is 24.5 Å². The quantitative estimate of drug-likeness (QED) is 0.757. The van der Waals surface area contributed by atoms with Crippen molar-refractivity contribution in [3.8, 4) is 5.88 Å². The summed E-state index contributed by atoms with van der Waals surface area (Å²) < 4.78 is 5.84. The van der Waals surface area contributed by atoms with Crippen molar-refractivity contribution in [1.29, 1.82) is 0 Å². The highest BCUT2D eigenvalue weighted by atomic mass is 16.5. The van der Waals surface area contributed by atoms with E-state index < -0.39 is 0 Å². The molecular weight excluding hydrogens is 314 g/mol. The monoisotopic (exact) mass is 343 g/mol.